The number of rotatable bonds is 6. The van der Waals surface area contributed by atoms with Gasteiger partial charge in [-0.05, 0) is 30.3 Å². The van der Waals surface area contributed by atoms with Gasteiger partial charge in [-0.1, -0.05) is 11.6 Å². The average molecular weight is 389 g/mol. The first-order valence-electron chi connectivity index (χ1n) is 7.60. The van der Waals surface area contributed by atoms with Crippen LogP contribution in [0.4, 0.5) is 18.9 Å². The smallest absolute Gasteiger partial charge is 0.417 e. The van der Waals surface area contributed by atoms with Crippen LogP contribution in [0.15, 0.2) is 41.0 Å². The largest absolute Gasteiger partial charge is 0.469 e. The second-order valence-corrected chi connectivity index (χ2v) is 5.98. The van der Waals surface area contributed by atoms with Gasteiger partial charge in [-0.3, -0.25) is 9.59 Å². The fourth-order valence-electron chi connectivity index (χ4n) is 2.20. The second kappa shape index (κ2) is 8.27. The highest BCUT2D eigenvalue weighted by molar-refractivity contribution is 6.31. The molecular formula is C17H16ClF3N2O3. The number of hydrogen-bond acceptors (Lipinski definition) is 3. The van der Waals surface area contributed by atoms with Crippen molar-refractivity contribution in [2.75, 3.05) is 18.9 Å². The fraction of sp³-hybridized carbons (Fsp3) is 0.294. The van der Waals surface area contributed by atoms with Crippen LogP contribution in [0, 0.1) is 0 Å². The Labute approximate surface area is 152 Å². The maximum atomic E-state index is 12.8. The van der Waals surface area contributed by atoms with Crippen LogP contribution < -0.4 is 5.32 Å². The molecule has 0 aliphatic heterocycles. The summed E-state index contributed by atoms with van der Waals surface area (Å²) in [5.41, 5.74) is -1.09. The molecule has 0 bridgehead atoms. The molecule has 5 nitrogen and oxygen atoms in total. The number of amides is 2. The maximum absolute atomic E-state index is 12.8. The minimum absolute atomic E-state index is 0.0526. The van der Waals surface area contributed by atoms with Gasteiger partial charge in [0.05, 0.1) is 23.4 Å². The van der Waals surface area contributed by atoms with Crippen molar-refractivity contribution in [3.63, 3.8) is 0 Å². The normalized spacial score (nSPS) is 11.3. The first-order chi connectivity index (χ1) is 12.2. The predicted octanol–water partition coefficient (Wildman–Crippen LogP) is 3.98. The molecule has 0 saturated carbocycles. The van der Waals surface area contributed by atoms with E-state index in [2.05, 4.69) is 5.32 Å². The first kappa shape index (κ1) is 19.8. The molecule has 140 valence electrons. The highest BCUT2D eigenvalue weighted by Crippen LogP contribution is 2.36. The van der Waals surface area contributed by atoms with Crippen LogP contribution in [-0.2, 0) is 22.2 Å². The summed E-state index contributed by atoms with van der Waals surface area (Å²) in [6.45, 7) is -0.291. The molecule has 0 aliphatic rings. The molecule has 1 aromatic carbocycles. The summed E-state index contributed by atoms with van der Waals surface area (Å²) in [6.07, 6.45) is -2.59. The number of benzene rings is 1. The SMILES string of the molecule is CN(CC(=O)Nc1ccc(Cl)c(C(F)(F)F)c1)C(=O)CCc1ccco1. The number of halogens is 4. The van der Waals surface area contributed by atoms with Crippen LogP contribution >= 0.6 is 11.6 Å². The number of anilines is 1. The highest BCUT2D eigenvalue weighted by atomic mass is 35.5. The Bertz CT molecular complexity index is 776. The van der Waals surface area contributed by atoms with Gasteiger partial charge in [-0.25, -0.2) is 0 Å². The lowest BCUT2D eigenvalue weighted by Crippen LogP contribution is -2.35. The summed E-state index contributed by atoms with van der Waals surface area (Å²) in [7, 11) is 1.44. The van der Waals surface area contributed by atoms with E-state index in [1.165, 1.54) is 24.3 Å². The van der Waals surface area contributed by atoms with Gasteiger partial charge in [0.2, 0.25) is 11.8 Å². The second-order valence-electron chi connectivity index (χ2n) is 5.57. The van der Waals surface area contributed by atoms with E-state index in [9.17, 15) is 22.8 Å². The first-order valence-corrected chi connectivity index (χ1v) is 7.97. The quantitative estimate of drug-likeness (QED) is 0.814. The molecule has 9 heteroatoms. The minimum Gasteiger partial charge on any atom is -0.469 e. The van der Waals surface area contributed by atoms with Crippen molar-refractivity contribution in [3.05, 3.63) is 52.9 Å². The van der Waals surface area contributed by atoms with Crippen molar-refractivity contribution in [1.82, 2.24) is 4.90 Å². The molecule has 0 saturated heterocycles. The third-order valence-electron chi connectivity index (χ3n) is 3.53. The lowest BCUT2D eigenvalue weighted by molar-refractivity contribution is -0.137. The molecule has 1 aromatic heterocycles. The van der Waals surface area contributed by atoms with Crippen LogP contribution in [0.2, 0.25) is 5.02 Å². The van der Waals surface area contributed by atoms with Crippen molar-refractivity contribution < 1.29 is 27.2 Å². The van der Waals surface area contributed by atoms with Crippen LogP contribution in [0.1, 0.15) is 17.7 Å². The van der Waals surface area contributed by atoms with Gasteiger partial charge < -0.3 is 14.6 Å². The van der Waals surface area contributed by atoms with Crippen molar-refractivity contribution in [2.24, 2.45) is 0 Å². The molecule has 1 heterocycles. The van der Waals surface area contributed by atoms with Crippen LogP contribution in [0.25, 0.3) is 0 Å². The van der Waals surface area contributed by atoms with E-state index in [4.69, 9.17) is 16.0 Å². The summed E-state index contributed by atoms with van der Waals surface area (Å²) in [6, 6.07) is 6.50. The number of hydrogen-bond donors (Lipinski definition) is 1. The Morgan fingerprint density at radius 2 is 2.00 bits per heavy atom. The van der Waals surface area contributed by atoms with Crippen molar-refractivity contribution in [2.45, 2.75) is 19.0 Å². The van der Waals surface area contributed by atoms with E-state index in [1.807, 2.05) is 0 Å². The predicted molar refractivity (Wildman–Crippen MR) is 89.7 cm³/mol. The van der Waals surface area contributed by atoms with Crippen molar-refractivity contribution in [3.8, 4) is 0 Å². The molecule has 26 heavy (non-hydrogen) atoms. The van der Waals surface area contributed by atoms with Gasteiger partial charge in [0.25, 0.3) is 0 Å². The Hall–Kier alpha value is -2.48. The molecule has 2 amide bonds. The number of carbonyl (C=O) groups excluding carboxylic acids is 2. The zero-order valence-electron chi connectivity index (χ0n) is 13.8. The van der Waals surface area contributed by atoms with Gasteiger partial charge in [-0.2, -0.15) is 13.2 Å². The molecule has 0 radical (unpaired) electrons. The summed E-state index contributed by atoms with van der Waals surface area (Å²) in [5.74, 6) is -0.255. The lowest BCUT2D eigenvalue weighted by atomic mass is 10.2. The van der Waals surface area contributed by atoms with Crippen LogP contribution in [0.5, 0.6) is 0 Å². The average Bonchev–Trinajstić information content (AvgIpc) is 3.06. The van der Waals surface area contributed by atoms with E-state index in [-0.39, 0.29) is 24.6 Å². The van der Waals surface area contributed by atoms with Gasteiger partial charge in [-0.15, -0.1) is 0 Å². The topological polar surface area (TPSA) is 62.6 Å². The Kier molecular flexibility index (Phi) is 6.31. The summed E-state index contributed by atoms with van der Waals surface area (Å²) >= 11 is 5.53. The van der Waals surface area contributed by atoms with Crippen LogP contribution in [0.3, 0.4) is 0 Å². The Morgan fingerprint density at radius 1 is 1.27 bits per heavy atom. The molecule has 1 N–H and O–H groups in total. The number of likely N-dealkylation sites (N-methyl/N-ethyl adjacent to an activating group) is 1. The van der Waals surface area contributed by atoms with Gasteiger partial charge in [0.1, 0.15) is 5.76 Å². The number of alkyl halides is 3. The third-order valence-corrected chi connectivity index (χ3v) is 3.86. The summed E-state index contributed by atoms with van der Waals surface area (Å²) < 4.78 is 43.6. The molecule has 0 atom stereocenters. The molecule has 0 fully saturated rings. The molecule has 2 rings (SSSR count). The van der Waals surface area contributed by atoms with Gasteiger partial charge in [0, 0.05) is 25.6 Å². The van der Waals surface area contributed by atoms with Crippen molar-refractivity contribution in [1.29, 1.82) is 0 Å². The minimum atomic E-state index is -4.63. The van der Waals surface area contributed by atoms with Gasteiger partial charge in [0.15, 0.2) is 0 Å². The molecule has 2 aromatic rings. The number of nitrogens with one attached hydrogen (secondary N) is 1. The Balaban J connectivity index is 1.90. The van der Waals surface area contributed by atoms with E-state index >= 15 is 0 Å². The summed E-state index contributed by atoms with van der Waals surface area (Å²) in [5, 5.41) is 1.87. The summed E-state index contributed by atoms with van der Waals surface area (Å²) in [4.78, 5) is 25.2. The van der Waals surface area contributed by atoms with E-state index in [1.54, 1.807) is 12.1 Å². The number of nitrogens with zero attached hydrogens (tertiary/aromatic N) is 1. The number of furan rings is 1. The fourth-order valence-corrected chi connectivity index (χ4v) is 2.42. The maximum Gasteiger partial charge on any atom is 0.417 e. The van der Waals surface area contributed by atoms with Crippen molar-refractivity contribution >= 4 is 29.1 Å². The number of aryl methyl sites for hydroxylation is 1. The number of carbonyl (C=O) groups is 2. The zero-order chi connectivity index (χ0) is 19.3. The molecular weight excluding hydrogens is 373 g/mol. The van der Waals surface area contributed by atoms with E-state index < -0.39 is 22.7 Å². The van der Waals surface area contributed by atoms with E-state index in [0.29, 0.717) is 12.2 Å². The van der Waals surface area contributed by atoms with Gasteiger partial charge >= 0.3 is 6.18 Å². The molecule has 0 spiro atoms. The van der Waals surface area contributed by atoms with Crippen LogP contribution in [-0.4, -0.2) is 30.3 Å². The Morgan fingerprint density at radius 3 is 2.62 bits per heavy atom. The lowest BCUT2D eigenvalue weighted by Gasteiger charge is -2.17. The third kappa shape index (κ3) is 5.52. The monoisotopic (exact) mass is 388 g/mol. The molecule has 0 unspecified atom stereocenters. The standard InChI is InChI=1S/C17H16ClF3N2O3/c1-23(16(25)7-5-12-3-2-8-26-12)10-15(24)22-11-4-6-14(18)13(9-11)17(19,20)21/h2-4,6,8-9H,5,7,10H2,1H3,(H,22,24). The van der Waals surface area contributed by atoms with E-state index in [0.717, 1.165) is 12.1 Å². The highest BCUT2D eigenvalue weighted by Gasteiger charge is 2.33. The molecule has 0 aliphatic carbocycles. The zero-order valence-corrected chi connectivity index (χ0v) is 14.5.